The van der Waals surface area contributed by atoms with Crippen LogP contribution in [0.1, 0.15) is 49.9 Å². The van der Waals surface area contributed by atoms with Gasteiger partial charge in [-0.25, -0.2) is 4.79 Å². The van der Waals surface area contributed by atoms with Crippen molar-refractivity contribution in [2.75, 3.05) is 5.75 Å². The molecule has 1 aliphatic heterocycles. The van der Waals surface area contributed by atoms with Gasteiger partial charge in [0.05, 0.1) is 11.2 Å². The number of thioether (sulfide) groups is 1. The average molecular weight is 368 g/mol. The van der Waals surface area contributed by atoms with Gasteiger partial charge in [-0.05, 0) is 50.2 Å². The summed E-state index contributed by atoms with van der Waals surface area (Å²) in [5, 5.41) is 10.8. The predicted octanol–water partition coefficient (Wildman–Crippen LogP) is 3.74. The maximum absolute atomic E-state index is 11.3. The van der Waals surface area contributed by atoms with Gasteiger partial charge in [0.2, 0.25) is 0 Å². The molecule has 0 amide bonds. The van der Waals surface area contributed by atoms with E-state index in [0.29, 0.717) is 5.75 Å². The number of carbonyl (C=O) groups is 2. The molecule has 0 saturated carbocycles. The fourth-order valence-corrected chi connectivity index (χ4v) is 3.40. The molecule has 0 aliphatic carbocycles. The van der Waals surface area contributed by atoms with Crippen LogP contribution in [0.4, 0.5) is 0 Å². The van der Waals surface area contributed by atoms with Gasteiger partial charge in [-0.3, -0.25) is 4.79 Å². The Kier molecular flexibility index (Phi) is 5.64. The number of carbonyl (C=O) groups excluding carboxylic acids is 1. The molecular formula is C16H21BO5S2. The minimum absolute atomic E-state index is 0.00830. The molecule has 2 heterocycles. The molecule has 1 aliphatic rings. The van der Waals surface area contributed by atoms with Gasteiger partial charge in [0.1, 0.15) is 4.88 Å². The molecule has 2 rings (SSSR count). The van der Waals surface area contributed by atoms with Crippen molar-refractivity contribution in [3.8, 4) is 0 Å². The zero-order chi connectivity index (χ0) is 18.1. The van der Waals surface area contributed by atoms with Crippen molar-refractivity contribution in [3.05, 3.63) is 27.4 Å². The van der Waals surface area contributed by atoms with Crippen LogP contribution in [0.2, 0.25) is 0 Å². The van der Waals surface area contributed by atoms with E-state index in [1.165, 1.54) is 30.0 Å². The smallest absolute Gasteiger partial charge is 0.477 e. The van der Waals surface area contributed by atoms with Gasteiger partial charge >= 0.3 is 13.1 Å². The molecule has 1 aromatic heterocycles. The zero-order valence-corrected chi connectivity index (χ0v) is 16.0. The molecule has 0 aromatic carbocycles. The maximum atomic E-state index is 11.3. The summed E-state index contributed by atoms with van der Waals surface area (Å²) >= 11 is 2.35. The van der Waals surface area contributed by atoms with Gasteiger partial charge in [-0.15, -0.1) is 11.3 Å². The molecule has 1 N–H and O–H groups in total. The number of hydrogen-bond donors (Lipinski definition) is 1. The Morgan fingerprint density at radius 2 is 1.88 bits per heavy atom. The van der Waals surface area contributed by atoms with Crippen LogP contribution in [0, 0.1) is 0 Å². The lowest BCUT2D eigenvalue weighted by atomic mass is 9.78. The molecule has 0 radical (unpaired) electrons. The molecule has 8 heteroatoms. The van der Waals surface area contributed by atoms with E-state index in [1.54, 1.807) is 11.4 Å². The third-order valence-corrected chi connectivity index (χ3v) is 6.00. The molecule has 1 aromatic rings. The summed E-state index contributed by atoms with van der Waals surface area (Å²) in [4.78, 5) is 22.6. The highest BCUT2D eigenvalue weighted by Crippen LogP contribution is 2.39. The first-order valence-electron chi connectivity index (χ1n) is 7.53. The minimum atomic E-state index is -0.949. The van der Waals surface area contributed by atoms with E-state index < -0.39 is 24.3 Å². The van der Waals surface area contributed by atoms with E-state index in [1.807, 2.05) is 33.8 Å². The first kappa shape index (κ1) is 19.2. The second-order valence-corrected chi connectivity index (χ2v) is 8.70. The third kappa shape index (κ3) is 4.30. The lowest BCUT2D eigenvalue weighted by Crippen LogP contribution is -2.41. The molecule has 1 fully saturated rings. The summed E-state index contributed by atoms with van der Waals surface area (Å²) < 4.78 is 12.1. The van der Waals surface area contributed by atoms with Crippen LogP contribution in [-0.2, 0) is 14.1 Å². The van der Waals surface area contributed by atoms with Crippen LogP contribution < -0.4 is 0 Å². The normalized spacial score (nSPS) is 19.5. The van der Waals surface area contributed by atoms with Crippen LogP contribution in [0.5, 0.6) is 0 Å². The van der Waals surface area contributed by atoms with Gasteiger partial charge in [0.15, 0.2) is 5.12 Å². The van der Waals surface area contributed by atoms with E-state index in [4.69, 9.17) is 14.4 Å². The fourth-order valence-electron chi connectivity index (χ4n) is 2.11. The number of thiophene rings is 1. The van der Waals surface area contributed by atoms with Crippen LogP contribution in [0.25, 0.3) is 6.08 Å². The van der Waals surface area contributed by atoms with E-state index in [9.17, 15) is 9.59 Å². The Bertz CT molecular complexity index is 662. The fraction of sp³-hybridized carbons (Fsp3) is 0.500. The largest absolute Gasteiger partial charge is 0.491 e. The number of aromatic carboxylic acids is 1. The summed E-state index contributed by atoms with van der Waals surface area (Å²) in [5.74, 6) is -0.514. The third-order valence-electron chi connectivity index (χ3n) is 4.18. The Morgan fingerprint density at radius 1 is 1.29 bits per heavy atom. The Balaban J connectivity index is 2.29. The first-order chi connectivity index (χ1) is 11.0. The highest BCUT2D eigenvalue weighted by Gasteiger charge is 2.52. The molecular weight excluding hydrogens is 347 g/mol. The SMILES string of the molecule is CC(=O)SCC(=Cc1csc(C(=O)O)c1)B1OC(C)(C)C(C)(C)O1. The summed E-state index contributed by atoms with van der Waals surface area (Å²) in [6.07, 6.45) is 1.85. The lowest BCUT2D eigenvalue weighted by molar-refractivity contribution is -0.109. The Labute approximate surface area is 150 Å². The van der Waals surface area contributed by atoms with Gasteiger partial charge < -0.3 is 14.4 Å². The van der Waals surface area contributed by atoms with E-state index >= 15 is 0 Å². The monoisotopic (exact) mass is 368 g/mol. The predicted molar refractivity (Wildman–Crippen MR) is 98.5 cm³/mol. The van der Waals surface area contributed by atoms with Crippen LogP contribution in [0.15, 0.2) is 16.9 Å². The van der Waals surface area contributed by atoms with E-state index in [2.05, 4.69) is 0 Å². The summed E-state index contributed by atoms with van der Waals surface area (Å²) in [6.45, 7) is 9.39. The number of carboxylic acids is 1. The van der Waals surface area contributed by atoms with Gasteiger partial charge in [-0.2, -0.15) is 0 Å². The second kappa shape index (κ2) is 7.03. The quantitative estimate of drug-likeness (QED) is 0.799. The first-order valence-corrected chi connectivity index (χ1v) is 9.39. The summed E-state index contributed by atoms with van der Waals surface area (Å²) in [7, 11) is -0.560. The van der Waals surface area contributed by atoms with Crippen molar-refractivity contribution < 1.29 is 24.0 Å². The molecule has 0 unspecified atom stereocenters. The average Bonchev–Trinajstić information content (AvgIpc) is 2.97. The van der Waals surface area contributed by atoms with E-state index in [0.717, 1.165) is 11.0 Å². The molecule has 24 heavy (non-hydrogen) atoms. The topological polar surface area (TPSA) is 72.8 Å². The van der Waals surface area contributed by atoms with Crippen LogP contribution >= 0.6 is 23.1 Å². The maximum Gasteiger partial charge on any atom is 0.491 e. The lowest BCUT2D eigenvalue weighted by Gasteiger charge is -2.32. The van der Waals surface area contributed by atoms with E-state index in [-0.39, 0.29) is 9.99 Å². The Morgan fingerprint density at radius 3 is 2.33 bits per heavy atom. The number of carboxylic acid groups (broad SMARTS) is 1. The Hall–Kier alpha value is -1.09. The molecule has 0 spiro atoms. The van der Waals surface area contributed by atoms with Crippen molar-refractivity contribution in [2.24, 2.45) is 0 Å². The molecule has 130 valence electrons. The standard InChI is InChI=1S/C16H21BO5S2/c1-10(18)23-9-12(6-11-7-13(14(19)20)24-8-11)17-21-15(2,3)16(4,5)22-17/h6-8H,9H2,1-5H3,(H,19,20). The minimum Gasteiger partial charge on any atom is -0.477 e. The summed E-state index contributed by atoms with van der Waals surface area (Å²) in [5.41, 5.74) is 0.631. The summed E-state index contributed by atoms with van der Waals surface area (Å²) in [6, 6.07) is 1.61. The number of hydrogen-bond acceptors (Lipinski definition) is 6. The van der Waals surface area contributed by atoms with Crippen LogP contribution in [0.3, 0.4) is 0 Å². The van der Waals surface area contributed by atoms with Crippen LogP contribution in [-0.4, -0.2) is 40.3 Å². The molecule has 1 saturated heterocycles. The van der Waals surface area contributed by atoms with Crippen molar-refractivity contribution in [3.63, 3.8) is 0 Å². The zero-order valence-electron chi connectivity index (χ0n) is 14.4. The highest BCUT2D eigenvalue weighted by molar-refractivity contribution is 8.13. The highest BCUT2D eigenvalue weighted by atomic mass is 32.2. The van der Waals surface area contributed by atoms with Gasteiger partial charge in [0.25, 0.3) is 0 Å². The van der Waals surface area contributed by atoms with Crippen molar-refractivity contribution in [1.82, 2.24) is 0 Å². The van der Waals surface area contributed by atoms with Gasteiger partial charge in [-0.1, -0.05) is 17.8 Å². The number of rotatable bonds is 5. The van der Waals surface area contributed by atoms with Crippen molar-refractivity contribution >= 4 is 47.4 Å². The second-order valence-electron chi connectivity index (χ2n) is 6.64. The van der Waals surface area contributed by atoms with Gasteiger partial charge in [0, 0.05) is 12.7 Å². The van der Waals surface area contributed by atoms with Crippen molar-refractivity contribution in [2.45, 2.75) is 45.8 Å². The molecule has 0 bridgehead atoms. The van der Waals surface area contributed by atoms with Crippen molar-refractivity contribution in [1.29, 1.82) is 0 Å². The molecule has 5 nitrogen and oxygen atoms in total. The molecule has 0 atom stereocenters.